The number of nitrogens with one attached hydrogen (secondary N) is 2. The van der Waals surface area contributed by atoms with E-state index in [9.17, 15) is 4.79 Å². The molecule has 116 valence electrons. The van der Waals surface area contributed by atoms with Gasteiger partial charge in [0.15, 0.2) is 5.84 Å². The predicted molar refractivity (Wildman–Crippen MR) is 94.1 cm³/mol. The molecule has 4 N–H and O–H groups in total. The first-order valence-electron chi connectivity index (χ1n) is 6.77. The molecule has 0 bridgehead atoms. The Bertz CT molecular complexity index is 769. The fraction of sp³-hybridized carbons (Fsp3) is 0. The number of hydrogen-bond acceptors (Lipinski definition) is 2. The topological polar surface area (TPSA) is 91.3 Å². The first-order valence-corrected chi connectivity index (χ1v) is 7.15. The summed E-state index contributed by atoms with van der Waals surface area (Å²) in [6.45, 7) is 0. The molecule has 0 aliphatic carbocycles. The van der Waals surface area contributed by atoms with Crippen LogP contribution in [0.2, 0.25) is 5.02 Å². The lowest BCUT2D eigenvalue weighted by molar-refractivity contribution is -0.111. The highest BCUT2D eigenvalue weighted by molar-refractivity contribution is 6.31. The van der Waals surface area contributed by atoms with Gasteiger partial charge in [-0.3, -0.25) is 10.2 Å². The third kappa shape index (κ3) is 5.41. The van der Waals surface area contributed by atoms with Crippen LogP contribution in [-0.4, -0.2) is 17.6 Å². The highest BCUT2D eigenvalue weighted by Crippen LogP contribution is 2.11. The van der Waals surface area contributed by atoms with Crippen molar-refractivity contribution in [2.75, 3.05) is 5.32 Å². The van der Waals surface area contributed by atoms with Crippen molar-refractivity contribution in [1.82, 2.24) is 0 Å². The maximum Gasteiger partial charge on any atom is 0.248 e. The lowest BCUT2D eigenvalue weighted by atomic mass is 10.2. The number of benzene rings is 2. The number of nitrogens with two attached hydrogens (primary N) is 1. The van der Waals surface area contributed by atoms with E-state index in [2.05, 4.69) is 10.3 Å². The summed E-state index contributed by atoms with van der Waals surface area (Å²) in [5, 5.41) is 11.1. The van der Waals surface area contributed by atoms with Crippen molar-refractivity contribution in [3.8, 4) is 0 Å². The summed E-state index contributed by atoms with van der Waals surface area (Å²) < 4.78 is 0. The van der Waals surface area contributed by atoms with E-state index >= 15 is 0 Å². The number of carbonyl (C=O) groups excluding carboxylic acids is 1. The first kappa shape index (κ1) is 16.5. The zero-order valence-corrected chi connectivity index (χ0v) is 12.9. The van der Waals surface area contributed by atoms with Gasteiger partial charge in [-0.05, 0) is 30.3 Å². The van der Waals surface area contributed by atoms with E-state index in [1.54, 1.807) is 36.4 Å². The summed E-state index contributed by atoms with van der Waals surface area (Å²) in [5.74, 6) is -0.306. The van der Waals surface area contributed by atoms with Crippen LogP contribution in [0.4, 0.5) is 5.69 Å². The van der Waals surface area contributed by atoms with Crippen LogP contribution in [0.1, 0.15) is 5.56 Å². The molecule has 23 heavy (non-hydrogen) atoms. The number of amidine groups is 2. The fourth-order valence-corrected chi connectivity index (χ4v) is 1.92. The van der Waals surface area contributed by atoms with Crippen LogP contribution in [0.3, 0.4) is 0 Å². The Kier molecular flexibility index (Phi) is 5.66. The Labute approximate surface area is 139 Å². The fourth-order valence-electron chi connectivity index (χ4n) is 1.73. The molecule has 6 heteroatoms. The van der Waals surface area contributed by atoms with Crippen molar-refractivity contribution in [2.45, 2.75) is 0 Å². The average molecular weight is 327 g/mol. The molecule has 2 aromatic rings. The number of aliphatic imine (C=N–C) groups is 1. The summed E-state index contributed by atoms with van der Waals surface area (Å²) in [6, 6.07) is 15.8. The number of hydrogen-bond donors (Lipinski definition) is 3. The molecular formula is C17H15ClN4O. The second kappa shape index (κ2) is 7.91. The van der Waals surface area contributed by atoms with Crippen molar-refractivity contribution in [1.29, 1.82) is 5.41 Å². The molecule has 0 radical (unpaired) electrons. The lowest BCUT2D eigenvalue weighted by Gasteiger charge is -2.01. The number of para-hydroxylation sites is 1. The van der Waals surface area contributed by atoms with Gasteiger partial charge in [0.05, 0.1) is 0 Å². The van der Waals surface area contributed by atoms with Crippen molar-refractivity contribution in [3.63, 3.8) is 0 Å². The summed E-state index contributed by atoms with van der Waals surface area (Å²) >= 11 is 5.86. The van der Waals surface area contributed by atoms with E-state index < -0.39 is 0 Å². The van der Waals surface area contributed by atoms with Gasteiger partial charge in [0, 0.05) is 22.3 Å². The number of halogens is 1. The van der Waals surface area contributed by atoms with E-state index in [4.69, 9.17) is 22.7 Å². The molecular weight excluding hydrogens is 312 g/mol. The number of carbonyl (C=O) groups is 1. The molecule has 0 fully saturated rings. The molecule has 0 aliphatic rings. The van der Waals surface area contributed by atoms with Gasteiger partial charge in [0.2, 0.25) is 5.91 Å². The third-order valence-corrected chi connectivity index (χ3v) is 3.02. The Balaban J connectivity index is 1.98. The molecule has 1 amide bonds. The third-order valence-electron chi connectivity index (χ3n) is 2.79. The molecule has 2 rings (SSSR count). The monoisotopic (exact) mass is 326 g/mol. The van der Waals surface area contributed by atoms with Gasteiger partial charge < -0.3 is 11.1 Å². The van der Waals surface area contributed by atoms with Gasteiger partial charge >= 0.3 is 0 Å². The highest BCUT2D eigenvalue weighted by atomic mass is 35.5. The normalized spacial score (nSPS) is 11.4. The quantitative estimate of drug-likeness (QED) is 0.457. The SMILES string of the molecule is N=C(N=C(N)/C=C\C(=O)Nc1ccccc1)c1cccc(Cl)c1. The Morgan fingerprint density at radius 2 is 1.87 bits per heavy atom. The maximum absolute atomic E-state index is 11.7. The number of nitrogens with zero attached hydrogens (tertiary/aromatic N) is 1. The Morgan fingerprint density at radius 1 is 1.13 bits per heavy atom. The van der Waals surface area contributed by atoms with Gasteiger partial charge in [-0.15, -0.1) is 0 Å². The molecule has 0 heterocycles. The minimum atomic E-state index is -0.330. The van der Waals surface area contributed by atoms with Crippen LogP contribution in [0.5, 0.6) is 0 Å². The van der Waals surface area contributed by atoms with Crippen LogP contribution in [0.15, 0.2) is 71.7 Å². The number of amides is 1. The molecule has 0 saturated carbocycles. The van der Waals surface area contributed by atoms with Gasteiger partial charge in [-0.2, -0.15) is 0 Å². The van der Waals surface area contributed by atoms with Crippen molar-refractivity contribution in [3.05, 3.63) is 77.3 Å². The number of rotatable bonds is 4. The van der Waals surface area contributed by atoms with E-state index in [0.717, 1.165) is 0 Å². The minimum absolute atomic E-state index is 0.0295. The molecule has 0 saturated heterocycles. The zero-order valence-electron chi connectivity index (χ0n) is 12.2. The molecule has 0 atom stereocenters. The smallest absolute Gasteiger partial charge is 0.248 e. The van der Waals surface area contributed by atoms with E-state index in [1.807, 2.05) is 18.2 Å². The second-order valence-electron chi connectivity index (χ2n) is 4.58. The Morgan fingerprint density at radius 3 is 2.57 bits per heavy atom. The van der Waals surface area contributed by atoms with E-state index in [-0.39, 0.29) is 17.6 Å². The summed E-state index contributed by atoms with van der Waals surface area (Å²) in [7, 11) is 0. The van der Waals surface area contributed by atoms with Crippen LogP contribution < -0.4 is 11.1 Å². The largest absolute Gasteiger partial charge is 0.384 e. The molecule has 2 aromatic carbocycles. The Hall–Kier alpha value is -2.92. The molecule has 5 nitrogen and oxygen atoms in total. The van der Waals surface area contributed by atoms with Crippen molar-refractivity contribution >= 4 is 34.9 Å². The molecule has 0 unspecified atom stereocenters. The van der Waals surface area contributed by atoms with Gasteiger partial charge in [-0.1, -0.05) is 41.9 Å². The van der Waals surface area contributed by atoms with Gasteiger partial charge in [-0.25, -0.2) is 4.99 Å². The van der Waals surface area contributed by atoms with Crippen molar-refractivity contribution < 1.29 is 4.79 Å². The summed E-state index contributed by atoms with van der Waals surface area (Å²) in [5.41, 5.74) is 6.93. The summed E-state index contributed by atoms with van der Waals surface area (Å²) in [6.07, 6.45) is 2.61. The van der Waals surface area contributed by atoms with E-state index in [1.165, 1.54) is 12.2 Å². The van der Waals surface area contributed by atoms with Gasteiger partial charge in [0.1, 0.15) is 5.84 Å². The second-order valence-corrected chi connectivity index (χ2v) is 5.02. The van der Waals surface area contributed by atoms with Crippen LogP contribution in [0, 0.1) is 5.41 Å². The van der Waals surface area contributed by atoms with Crippen LogP contribution in [-0.2, 0) is 4.79 Å². The van der Waals surface area contributed by atoms with Crippen LogP contribution in [0.25, 0.3) is 0 Å². The minimum Gasteiger partial charge on any atom is -0.384 e. The first-order chi connectivity index (χ1) is 11.0. The number of anilines is 1. The maximum atomic E-state index is 11.7. The molecule has 0 spiro atoms. The zero-order chi connectivity index (χ0) is 16.7. The standard InChI is InChI=1S/C17H15ClN4O/c18-13-6-4-5-12(11-13)17(20)22-15(19)9-10-16(23)21-14-7-2-1-3-8-14/h1-11H,(H,21,23)(H3,19,20,22)/b10-9-. The van der Waals surface area contributed by atoms with Crippen molar-refractivity contribution in [2.24, 2.45) is 10.7 Å². The lowest BCUT2D eigenvalue weighted by Crippen LogP contribution is -2.14. The summed E-state index contributed by atoms with van der Waals surface area (Å²) in [4.78, 5) is 15.7. The molecule has 0 aromatic heterocycles. The predicted octanol–water partition coefficient (Wildman–Crippen LogP) is 3.22. The highest BCUT2D eigenvalue weighted by Gasteiger charge is 2.01. The van der Waals surface area contributed by atoms with Crippen LogP contribution >= 0.6 is 11.6 Å². The van der Waals surface area contributed by atoms with E-state index in [0.29, 0.717) is 16.3 Å². The molecule has 0 aliphatic heterocycles. The average Bonchev–Trinajstić information content (AvgIpc) is 2.54. The van der Waals surface area contributed by atoms with Gasteiger partial charge in [0.25, 0.3) is 0 Å².